The largest absolute Gasteiger partial charge is 0.516 e. The number of hydrogen-bond donors (Lipinski definition) is 1. The zero-order chi connectivity index (χ0) is 14.9. The molecule has 1 amide bonds. The molecule has 0 saturated carbocycles. The third-order valence-corrected chi connectivity index (χ3v) is 5.13. The van der Waals surface area contributed by atoms with E-state index >= 15 is 0 Å². The Morgan fingerprint density at radius 1 is 1.29 bits per heavy atom. The molecule has 21 heavy (non-hydrogen) atoms. The summed E-state index contributed by atoms with van der Waals surface area (Å²) < 4.78 is 5.53. The number of carbonyl (C=O) groups excluding carboxylic acids is 1. The summed E-state index contributed by atoms with van der Waals surface area (Å²) in [6, 6.07) is 9.29. The molecule has 2 atom stereocenters. The van der Waals surface area contributed by atoms with Crippen molar-refractivity contribution in [3.8, 4) is 0 Å². The normalized spacial score (nSPS) is 27.1. The minimum atomic E-state index is -0.0659. The monoisotopic (exact) mass is 289 g/mol. The number of nitrogens with one attached hydrogen (secondary N) is 1. The van der Waals surface area contributed by atoms with E-state index < -0.39 is 0 Å². The molecule has 1 N–H and O–H groups in total. The van der Waals surface area contributed by atoms with Crippen LogP contribution in [0, 0.1) is 0 Å². The van der Waals surface area contributed by atoms with E-state index in [0.29, 0.717) is 16.4 Å². The Labute approximate surface area is 126 Å². The Hall–Kier alpha value is -1.39. The summed E-state index contributed by atoms with van der Waals surface area (Å²) in [5.74, 6) is 0.495. The maximum Gasteiger partial charge on any atom is 0.516 e. The van der Waals surface area contributed by atoms with Crippen LogP contribution in [0.2, 0.25) is 0 Å². The Morgan fingerprint density at radius 3 is 2.57 bits per heavy atom. The van der Waals surface area contributed by atoms with Gasteiger partial charge in [0.15, 0.2) is 0 Å². The van der Waals surface area contributed by atoms with Crippen LogP contribution in [0.25, 0.3) is 0 Å². The molecule has 2 aliphatic heterocycles. The predicted molar refractivity (Wildman–Crippen MR) is 82.2 cm³/mol. The van der Waals surface area contributed by atoms with Gasteiger partial charge in [-0.15, -0.1) is 0 Å². The van der Waals surface area contributed by atoms with Gasteiger partial charge in [-0.3, -0.25) is 0 Å². The molecule has 0 bridgehead atoms. The summed E-state index contributed by atoms with van der Waals surface area (Å²) in [6.07, 6.45) is 2.07. The van der Waals surface area contributed by atoms with E-state index in [-0.39, 0.29) is 6.09 Å². The number of benzene rings is 1. The maximum atomic E-state index is 12.0. The molecule has 114 valence electrons. The van der Waals surface area contributed by atoms with Gasteiger partial charge >= 0.3 is 6.09 Å². The summed E-state index contributed by atoms with van der Waals surface area (Å²) in [7, 11) is 1.50. The van der Waals surface area contributed by atoms with Gasteiger partial charge in [0.2, 0.25) is 0 Å². The van der Waals surface area contributed by atoms with Crippen LogP contribution in [-0.2, 0) is 11.2 Å². The minimum Gasteiger partial charge on any atom is -0.423 e. The number of quaternary nitrogens is 1. The van der Waals surface area contributed by atoms with Gasteiger partial charge in [0.1, 0.15) is 19.1 Å². The smallest absolute Gasteiger partial charge is 0.423 e. The highest BCUT2D eigenvalue weighted by Gasteiger charge is 2.58. The number of carbonyl (C=O) groups is 1. The first-order valence-electron chi connectivity index (χ1n) is 7.94. The molecular weight excluding hydrogens is 264 g/mol. The summed E-state index contributed by atoms with van der Waals surface area (Å²) in [6.45, 7) is 5.96. The van der Waals surface area contributed by atoms with Crippen molar-refractivity contribution in [2.75, 3.05) is 33.3 Å². The van der Waals surface area contributed by atoms with E-state index in [1.165, 1.54) is 18.2 Å². The number of ether oxygens (including phenoxy) is 1. The van der Waals surface area contributed by atoms with Crippen molar-refractivity contribution >= 4 is 6.09 Å². The lowest BCUT2D eigenvalue weighted by atomic mass is 9.88. The lowest BCUT2D eigenvalue weighted by molar-refractivity contribution is -0.752. The van der Waals surface area contributed by atoms with Gasteiger partial charge in [0.05, 0.1) is 7.11 Å². The molecular formula is C17H25N2O2+. The van der Waals surface area contributed by atoms with Crippen LogP contribution in [0.4, 0.5) is 4.79 Å². The summed E-state index contributed by atoms with van der Waals surface area (Å²) in [5.41, 5.74) is 2.76. The van der Waals surface area contributed by atoms with Crippen LogP contribution < -0.4 is 5.32 Å². The lowest BCUT2D eigenvalue weighted by Crippen LogP contribution is -2.53. The number of piperidine rings is 1. The molecule has 1 aromatic rings. The molecule has 4 heteroatoms. The molecule has 0 spiro atoms. The summed E-state index contributed by atoms with van der Waals surface area (Å²) >= 11 is 0. The topological polar surface area (TPSA) is 38.3 Å². The average Bonchev–Trinajstić information content (AvgIpc) is 3.36. The van der Waals surface area contributed by atoms with Gasteiger partial charge in [0, 0.05) is 25.4 Å². The number of amides is 1. The Balaban J connectivity index is 1.72. The molecule has 2 saturated heterocycles. The van der Waals surface area contributed by atoms with Crippen LogP contribution in [0.5, 0.6) is 0 Å². The molecule has 2 unspecified atom stereocenters. The van der Waals surface area contributed by atoms with E-state index in [0.717, 1.165) is 39.0 Å². The molecule has 0 aliphatic carbocycles. The third-order valence-electron chi connectivity index (χ3n) is 5.13. The van der Waals surface area contributed by atoms with E-state index in [9.17, 15) is 4.79 Å². The third kappa shape index (κ3) is 2.70. The van der Waals surface area contributed by atoms with E-state index in [1.807, 2.05) is 0 Å². The van der Waals surface area contributed by atoms with E-state index in [2.05, 4.69) is 36.5 Å². The van der Waals surface area contributed by atoms with Gasteiger partial charge < -0.3 is 10.1 Å². The van der Waals surface area contributed by atoms with Gasteiger partial charge in [-0.1, -0.05) is 31.2 Å². The van der Waals surface area contributed by atoms with Crippen LogP contribution in [0.1, 0.15) is 30.4 Å². The minimum absolute atomic E-state index is 0.0659. The quantitative estimate of drug-likeness (QED) is 0.685. The van der Waals surface area contributed by atoms with Crippen LogP contribution in [0.15, 0.2) is 24.3 Å². The molecule has 2 heterocycles. The highest BCUT2D eigenvalue weighted by atomic mass is 16.5. The predicted octanol–water partition coefficient (Wildman–Crippen LogP) is 2.29. The van der Waals surface area contributed by atoms with Gasteiger partial charge in [-0.05, 0) is 17.5 Å². The fraction of sp³-hybridized carbons (Fsp3) is 0.588. The lowest BCUT2D eigenvalue weighted by Gasteiger charge is -2.33. The molecule has 0 radical (unpaired) electrons. The molecule has 2 fully saturated rings. The first kappa shape index (κ1) is 14.5. The van der Waals surface area contributed by atoms with Crippen molar-refractivity contribution in [1.82, 2.24) is 5.32 Å². The molecule has 4 nitrogen and oxygen atoms in total. The number of aryl methyl sites for hydroxylation is 1. The van der Waals surface area contributed by atoms with E-state index in [1.54, 1.807) is 0 Å². The Bertz CT molecular complexity index is 508. The highest BCUT2D eigenvalue weighted by Crippen LogP contribution is 2.35. The average molecular weight is 289 g/mol. The van der Waals surface area contributed by atoms with Crippen LogP contribution in [-0.4, -0.2) is 49.9 Å². The van der Waals surface area contributed by atoms with Gasteiger partial charge in [-0.25, -0.2) is 4.48 Å². The molecule has 3 rings (SSSR count). The first-order chi connectivity index (χ1) is 10.2. The zero-order valence-electron chi connectivity index (χ0n) is 13.0. The van der Waals surface area contributed by atoms with Crippen molar-refractivity contribution in [2.45, 2.75) is 31.7 Å². The van der Waals surface area contributed by atoms with Gasteiger partial charge in [0.25, 0.3) is 0 Å². The second-order valence-electron chi connectivity index (χ2n) is 6.29. The Kier molecular flexibility index (Phi) is 4.00. The molecule has 2 aliphatic rings. The second-order valence-corrected chi connectivity index (χ2v) is 6.29. The highest BCUT2D eigenvalue weighted by molar-refractivity contribution is 5.61. The first-order valence-corrected chi connectivity index (χ1v) is 7.94. The number of methoxy groups -OCH3 is 1. The number of nitrogens with zero attached hydrogens (tertiary/aromatic N) is 1. The van der Waals surface area contributed by atoms with E-state index in [4.69, 9.17) is 4.74 Å². The van der Waals surface area contributed by atoms with Gasteiger partial charge in [-0.2, -0.15) is 4.79 Å². The SMILES string of the molecule is CCc1ccc(C2CNCC([N+]3(C(=O)OC)CC3)C2)cc1. The maximum absolute atomic E-state index is 12.0. The fourth-order valence-electron chi connectivity index (χ4n) is 3.56. The number of rotatable bonds is 3. The van der Waals surface area contributed by atoms with Crippen LogP contribution >= 0.6 is 0 Å². The standard InChI is InChI=1S/C17H25N2O2/c1-3-13-4-6-14(7-5-13)15-10-16(12-18-11-15)19(8-9-19)17(20)21-2/h4-7,15-16,18H,3,8-12H2,1-2H3/q+1. The fourth-order valence-corrected chi connectivity index (χ4v) is 3.56. The molecule has 0 aromatic heterocycles. The van der Waals surface area contributed by atoms with Crippen molar-refractivity contribution in [1.29, 1.82) is 0 Å². The second kappa shape index (κ2) is 5.78. The van der Waals surface area contributed by atoms with Crippen molar-refractivity contribution in [2.24, 2.45) is 0 Å². The Morgan fingerprint density at radius 2 is 2.00 bits per heavy atom. The summed E-state index contributed by atoms with van der Waals surface area (Å²) in [4.78, 5) is 12.0. The zero-order valence-corrected chi connectivity index (χ0v) is 13.0. The molecule has 1 aromatic carbocycles. The van der Waals surface area contributed by atoms with Crippen LogP contribution in [0.3, 0.4) is 0 Å². The summed E-state index contributed by atoms with van der Waals surface area (Å²) in [5, 5.41) is 3.51. The van der Waals surface area contributed by atoms with Crippen molar-refractivity contribution in [3.63, 3.8) is 0 Å². The van der Waals surface area contributed by atoms with Crippen molar-refractivity contribution in [3.05, 3.63) is 35.4 Å². The van der Waals surface area contributed by atoms with Crippen molar-refractivity contribution < 1.29 is 14.0 Å². The number of hydrogen-bond acceptors (Lipinski definition) is 3.